The highest BCUT2D eigenvalue weighted by Crippen LogP contribution is 2.32. The van der Waals surface area contributed by atoms with Crippen molar-refractivity contribution in [1.82, 2.24) is 10.7 Å². The van der Waals surface area contributed by atoms with Crippen LogP contribution in [0.25, 0.3) is 0 Å². The Morgan fingerprint density at radius 2 is 1.85 bits per heavy atom. The molecule has 0 saturated heterocycles. The van der Waals surface area contributed by atoms with Crippen LogP contribution in [0.5, 0.6) is 17.2 Å². The average Bonchev–Trinajstić information content (AvgIpc) is 3.30. The first-order chi connectivity index (χ1) is 16.1. The van der Waals surface area contributed by atoms with Crippen molar-refractivity contribution in [3.05, 3.63) is 89.0 Å². The summed E-state index contributed by atoms with van der Waals surface area (Å²) in [5.74, 6) is 0.990. The highest BCUT2D eigenvalue weighted by Gasteiger charge is 2.16. The molecule has 2 amide bonds. The summed E-state index contributed by atoms with van der Waals surface area (Å²) >= 11 is 0. The Morgan fingerprint density at radius 1 is 1.03 bits per heavy atom. The maximum atomic E-state index is 12.2. The number of hydrogen-bond donors (Lipinski definition) is 2. The van der Waals surface area contributed by atoms with E-state index in [9.17, 15) is 9.59 Å². The Kier molecular flexibility index (Phi) is 6.84. The number of aryl methyl sites for hydroxylation is 1. The fraction of sp³-hybridized carbons (Fsp3) is 0.160. The zero-order valence-corrected chi connectivity index (χ0v) is 18.0. The second-order valence-corrected chi connectivity index (χ2v) is 7.39. The lowest BCUT2D eigenvalue weighted by Crippen LogP contribution is -2.34. The summed E-state index contributed by atoms with van der Waals surface area (Å²) < 4.78 is 16.2. The molecule has 1 aliphatic rings. The monoisotopic (exact) mass is 445 g/mol. The van der Waals surface area contributed by atoms with Crippen molar-refractivity contribution < 1.29 is 23.8 Å². The van der Waals surface area contributed by atoms with Gasteiger partial charge < -0.3 is 19.5 Å². The van der Waals surface area contributed by atoms with Crippen molar-refractivity contribution in [1.29, 1.82) is 0 Å². The molecule has 4 rings (SSSR count). The first-order valence-electron chi connectivity index (χ1n) is 10.3. The van der Waals surface area contributed by atoms with Crippen LogP contribution in [0.1, 0.15) is 27.0 Å². The SMILES string of the molecule is Cc1cccc(COc2ccc(C=NNC(=O)CNC(=O)c3ccc4c(c3)OCO4)cc2)c1. The summed E-state index contributed by atoms with van der Waals surface area (Å²) in [7, 11) is 0. The normalized spacial score (nSPS) is 11.9. The minimum atomic E-state index is -0.446. The number of nitrogens with one attached hydrogen (secondary N) is 2. The van der Waals surface area contributed by atoms with Crippen molar-refractivity contribution >= 4 is 18.0 Å². The fourth-order valence-corrected chi connectivity index (χ4v) is 3.14. The topological polar surface area (TPSA) is 98.2 Å². The van der Waals surface area contributed by atoms with Gasteiger partial charge in [0.1, 0.15) is 12.4 Å². The third-order valence-electron chi connectivity index (χ3n) is 4.82. The van der Waals surface area contributed by atoms with Gasteiger partial charge in [0.2, 0.25) is 6.79 Å². The smallest absolute Gasteiger partial charge is 0.259 e. The van der Waals surface area contributed by atoms with Crippen LogP contribution in [0, 0.1) is 6.92 Å². The van der Waals surface area contributed by atoms with Crippen molar-refractivity contribution in [2.24, 2.45) is 5.10 Å². The predicted molar refractivity (Wildman–Crippen MR) is 123 cm³/mol. The van der Waals surface area contributed by atoms with E-state index in [-0.39, 0.29) is 13.3 Å². The molecule has 0 atom stereocenters. The second kappa shape index (κ2) is 10.3. The van der Waals surface area contributed by atoms with E-state index in [1.165, 1.54) is 11.8 Å². The average molecular weight is 445 g/mol. The quantitative estimate of drug-likeness (QED) is 0.410. The molecule has 0 bridgehead atoms. The van der Waals surface area contributed by atoms with Crippen LogP contribution in [-0.4, -0.2) is 31.4 Å². The minimum Gasteiger partial charge on any atom is -0.489 e. The number of nitrogens with zero attached hydrogens (tertiary/aromatic N) is 1. The number of carbonyl (C=O) groups is 2. The molecule has 168 valence electrons. The summed E-state index contributed by atoms with van der Waals surface area (Å²) in [4.78, 5) is 24.1. The standard InChI is InChI=1S/C25H23N3O5/c1-17-3-2-4-19(11-17)15-31-21-8-5-18(6-9-21)13-27-28-24(29)14-26-25(30)20-7-10-22-23(12-20)33-16-32-22/h2-13H,14-16H2,1H3,(H,26,30)(H,28,29). The molecule has 1 heterocycles. The second-order valence-electron chi connectivity index (χ2n) is 7.39. The van der Waals surface area contributed by atoms with Gasteiger partial charge in [0.05, 0.1) is 12.8 Å². The molecule has 1 aliphatic heterocycles. The van der Waals surface area contributed by atoms with Gasteiger partial charge in [-0.15, -0.1) is 0 Å². The van der Waals surface area contributed by atoms with Gasteiger partial charge >= 0.3 is 0 Å². The van der Waals surface area contributed by atoms with E-state index >= 15 is 0 Å². The van der Waals surface area contributed by atoms with Crippen LogP contribution in [-0.2, 0) is 11.4 Å². The van der Waals surface area contributed by atoms with Gasteiger partial charge in [0.25, 0.3) is 11.8 Å². The molecular formula is C25H23N3O5. The van der Waals surface area contributed by atoms with Crippen molar-refractivity contribution in [3.8, 4) is 17.2 Å². The number of hydrogen-bond acceptors (Lipinski definition) is 6. The maximum absolute atomic E-state index is 12.2. The zero-order chi connectivity index (χ0) is 23.0. The van der Waals surface area contributed by atoms with Gasteiger partial charge in [-0.3, -0.25) is 9.59 Å². The van der Waals surface area contributed by atoms with Crippen molar-refractivity contribution in [2.45, 2.75) is 13.5 Å². The van der Waals surface area contributed by atoms with Gasteiger partial charge in [-0.1, -0.05) is 29.8 Å². The molecule has 8 heteroatoms. The molecular weight excluding hydrogens is 422 g/mol. The molecule has 0 saturated carbocycles. The van der Waals surface area contributed by atoms with Crippen molar-refractivity contribution in [3.63, 3.8) is 0 Å². The highest BCUT2D eigenvalue weighted by atomic mass is 16.7. The highest BCUT2D eigenvalue weighted by molar-refractivity contribution is 5.97. The van der Waals surface area contributed by atoms with E-state index < -0.39 is 11.8 Å². The molecule has 2 N–H and O–H groups in total. The van der Waals surface area contributed by atoms with Crippen LogP contribution in [0.4, 0.5) is 0 Å². The van der Waals surface area contributed by atoms with Crippen LogP contribution in [0.15, 0.2) is 71.8 Å². The van der Waals surface area contributed by atoms with Gasteiger partial charge in [-0.2, -0.15) is 5.10 Å². The van der Waals surface area contributed by atoms with Gasteiger partial charge in [0.15, 0.2) is 11.5 Å². The zero-order valence-electron chi connectivity index (χ0n) is 18.0. The fourth-order valence-electron chi connectivity index (χ4n) is 3.14. The molecule has 0 aliphatic carbocycles. The number of benzene rings is 3. The third-order valence-corrected chi connectivity index (χ3v) is 4.82. The molecule has 3 aromatic carbocycles. The molecule has 0 unspecified atom stereocenters. The Balaban J connectivity index is 1.20. The number of hydrazone groups is 1. The molecule has 0 spiro atoms. The summed E-state index contributed by atoms with van der Waals surface area (Å²) in [5.41, 5.74) is 5.85. The Bertz CT molecular complexity index is 1170. The first-order valence-corrected chi connectivity index (χ1v) is 10.3. The van der Waals surface area contributed by atoms with E-state index in [0.717, 1.165) is 16.9 Å². The maximum Gasteiger partial charge on any atom is 0.259 e. The summed E-state index contributed by atoms with van der Waals surface area (Å²) in [6.45, 7) is 2.45. The van der Waals surface area contributed by atoms with E-state index in [4.69, 9.17) is 14.2 Å². The van der Waals surface area contributed by atoms with Crippen LogP contribution in [0.2, 0.25) is 0 Å². The van der Waals surface area contributed by atoms with E-state index in [0.29, 0.717) is 23.7 Å². The molecule has 8 nitrogen and oxygen atoms in total. The molecule has 33 heavy (non-hydrogen) atoms. The van der Waals surface area contributed by atoms with Gasteiger partial charge in [-0.25, -0.2) is 5.43 Å². The number of amides is 2. The van der Waals surface area contributed by atoms with Crippen LogP contribution >= 0.6 is 0 Å². The van der Waals surface area contributed by atoms with E-state index in [1.807, 2.05) is 49.4 Å². The summed E-state index contributed by atoms with van der Waals surface area (Å²) in [5, 5.41) is 6.46. The lowest BCUT2D eigenvalue weighted by atomic mass is 10.1. The first kappa shape index (κ1) is 21.9. The Hall–Kier alpha value is -4.33. The predicted octanol–water partition coefficient (Wildman–Crippen LogP) is 3.18. The van der Waals surface area contributed by atoms with Crippen molar-refractivity contribution in [2.75, 3.05) is 13.3 Å². The molecule has 0 aromatic heterocycles. The van der Waals surface area contributed by atoms with Gasteiger partial charge in [-0.05, 0) is 60.5 Å². The third kappa shape index (κ3) is 6.10. The lowest BCUT2D eigenvalue weighted by Gasteiger charge is -2.07. The van der Waals surface area contributed by atoms with Gasteiger partial charge in [0, 0.05) is 5.56 Å². The van der Waals surface area contributed by atoms with Crippen LogP contribution < -0.4 is 25.0 Å². The number of carbonyl (C=O) groups excluding carboxylic acids is 2. The Morgan fingerprint density at radius 3 is 2.67 bits per heavy atom. The number of ether oxygens (including phenoxy) is 3. The Labute approximate surface area is 191 Å². The number of rotatable bonds is 8. The summed E-state index contributed by atoms with van der Waals surface area (Å²) in [6.07, 6.45) is 1.52. The lowest BCUT2D eigenvalue weighted by molar-refractivity contribution is -0.120. The largest absolute Gasteiger partial charge is 0.489 e. The van der Waals surface area contributed by atoms with E-state index in [2.05, 4.69) is 21.9 Å². The number of fused-ring (bicyclic) bond motifs is 1. The summed E-state index contributed by atoms with van der Waals surface area (Å²) in [6, 6.07) is 20.3. The van der Waals surface area contributed by atoms with E-state index in [1.54, 1.807) is 18.2 Å². The van der Waals surface area contributed by atoms with Crippen LogP contribution in [0.3, 0.4) is 0 Å². The minimum absolute atomic E-state index is 0.129. The molecule has 3 aromatic rings. The molecule has 0 fully saturated rings. The molecule has 0 radical (unpaired) electrons.